The maximum absolute atomic E-state index is 12.1. The monoisotopic (exact) mass is 313 g/mol. The van der Waals surface area contributed by atoms with Gasteiger partial charge in [-0.25, -0.2) is 4.79 Å². The summed E-state index contributed by atoms with van der Waals surface area (Å²) in [7, 11) is 0. The van der Waals surface area contributed by atoms with Crippen molar-refractivity contribution in [1.82, 2.24) is 15.5 Å². The van der Waals surface area contributed by atoms with E-state index in [4.69, 9.17) is 4.74 Å². The van der Waals surface area contributed by atoms with E-state index in [1.165, 1.54) is 0 Å². The predicted molar refractivity (Wildman–Crippen MR) is 82.2 cm³/mol. The number of piperidine rings is 1. The molecule has 0 radical (unpaired) electrons. The van der Waals surface area contributed by atoms with Crippen molar-refractivity contribution in [3.8, 4) is 0 Å². The highest BCUT2D eigenvalue weighted by Gasteiger charge is 2.32. The van der Waals surface area contributed by atoms with Crippen molar-refractivity contribution in [2.45, 2.75) is 52.6 Å². The van der Waals surface area contributed by atoms with Gasteiger partial charge in [-0.1, -0.05) is 0 Å². The summed E-state index contributed by atoms with van der Waals surface area (Å²) in [6, 6.07) is -0.993. The molecule has 0 aromatic carbocycles. The number of likely N-dealkylation sites (tertiary alicyclic amines) is 1. The van der Waals surface area contributed by atoms with Crippen molar-refractivity contribution >= 4 is 17.9 Å². The second-order valence-electron chi connectivity index (χ2n) is 5.88. The molecule has 1 rings (SSSR count). The first-order valence-corrected chi connectivity index (χ1v) is 7.87. The number of esters is 1. The minimum atomic E-state index is -0.495. The molecule has 1 fully saturated rings. The largest absolute Gasteiger partial charge is 0.466 e. The molecule has 1 aliphatic rings. The number of ether oxygens (including phenoxy) is 1. The van der Waals surface area contributed by atoms with Gasteiger partial charge in [0.1, 0.15) is 0 Å². The third kappa shape index (κ3) is 5.63. The molecule has 22 heavy (non-hydrogen) atoms. The molecule has 1 saturated heterocycles. The van der Waals surface area contributed by atoms with Crippen LogP contribution in [0.3, 0.4) is 0 Å². The number of nitrogens with one attached hydrogen (secondary N) is 2. The van der Waals surface area contributed by atoms with E-state index in [1.807, 2.05) is 18.7 Å². The van der Waals surface area contributed by atoms with Crippen molar-refractivity contribution in [2.75, 3.05) is 19.7 Å². The van der Waals surface area contributed by atoms with E-state index in [1.54, 1.807) is 13.8 Å². The van der Waals surface area contributed by atoms with Gasteiger partial charge in [0.15, 0.2) is 0 Å². The molecule has 0 aromatic heterocycles. The average molecular weight is 313 g/mol. The van der Waals surface area contributed by atoms with E-state index >= 15 is 0 Å². The molecule has 2 N–H and O–H groups in total. The van der Waals surface area contributed by atoms with E-state index in [-0.39, 0.29) is 23.8 Å². The summed E-state index contributed by atoms with van der Waals surface area (Å²) in [5.41, 5.74) is 0. The first-order valence-electron chi connectivity index (χ1n) is 7.87. The van der Waals surface area contributed by atoms with Gasteiger partial charge in [0.05, 0.1) is 18.6 Å². The molecule has 3 amide bonds. The quantitative estimate of drug-likeness (QED) is 0.736. The lowest BCUT2D eigenvalue weighted by Crippen LogP contribution is -2.53. The summed E-state index contributed by atoms with van der Waals surface area (Å²) in [4.78, 5) is 37.4. The number of hydrogen-bond acceptors (Lipinski definition) is 5. The van der Waals surface area contributed by atoms with Crippen molar-refractivity contribution in [3.63, 3.8) is 0 Å². The normalized spacial score (nSPS) is 20.3. The smallest absolute Gasteiger partial charge is 0.321 e. The number of imide groups is 1. The van der Waals surface area contributed by atoms with Crippen LogP contribution >= 0.6 is 0 Å². The third-order valence-electron chi connectivity index (χ3n) is 3.66. The number of hydrogen-bond donors (Lipinski definition) is 2. The Bertz CT molecular complexity index is 412. The zero-order valence-electron chi connectivity index (χ0n) is 13.8. The number of carbonyl (C=O) groups is 3. The van der Waals surface area contributed by atoms with Crippen LogP contribution in [-0.4, -0.2) is 54.6 Å². The minimum Gasteiger partial charge on any atom is -0.466 e. The molecule has 0 aromatic rings. The van der Waals surface area contributed by atoms with Gasteiger partial charge in [-0.2, -0.15) is 0 Å². The van der Waals surface area contributed by atoms with Crippen LogP contribution in [0.5, 0.6) is 0 Å². The Hall–Kier alpha value is -1.63. The van der Waals surface area contributed by atoms with E-state index in [0.29, 0.717) is 13.2 Å². The summed E-state index contributed by atoms with van der Waals surface area (Å²) >= 11 is 0. The third-order valence-corrected chi connectivity index (χ3v) is 3.66. The number of nitrogens with zero attached hydrogens (tertiary/aromatic N) is 1. The van der Waals surface area contributed by atoms with Crippen LogP contribution in [0.25, 0.3) is 0 Å². The fraction of sp³-hybridized carbons (Fsp3) is 0.800. The molecule has 1 heterocycles. The van der Waals surface area contributed by atoms with Crippen LogP contribution < -0.4 is 10.6 Å². The van der Waals surface area contributed by atoms with Crippen LogP contribution in [0, 0.1) is 5.92 Å². The summed E-state index contributed by atoms with van der Waals surface area (Å²) in [5.74, 6) is -0.770. The summed E-state index contributed by atoms with van der Waals surface area (Å²) in [6.07, 6.45) is 1.61. The first kappa shape index (κ1) is 18.4. The van der Waals surface area contributed by atoms with Gasteiger partial charge in [-0.15, -0.1) is 0 Å². The Balaban J connectivity index is 2.53. The van der Waals surface area contributed by atoms with Gasteiger partial charge in [0, 0.05) is 12.6 Å². The molecule has 2 atom stereocenters. The highest BCUT2D eigenvalue weighted by molar-refractivity contribution is 5.96. The predicted octanol–water partition coefficient (Wildman–Crippen LogP) is 0.884. The molecule has 1 aliphatic heterocycles. The topological polar surface area (TPSA) is 87.7 Å². The fourth-order valence-corrected chi connectivity index (χ4v) is 2.49. The molecule has 126 valence electrons. The molecular formula is C15H27N3O4. The van der Waals surface area contributed by atoms with Crippen molar-refractivity contribution in [2.24, 2.45) is 5.92 Å². The fourth-order valence-electron chi connectivity index (χ4n) is 2.49. The Labute approximate surface area is 131 Å². The lowest BCUT2D eigenvalue weighted by Gasteiger charge is -2.34. The minimum absolute atomic E-state index is 0.0358. The van der Waals surface area contributed by atoms with Crippen LogP contribution in [0.2, 0.25) is 0 Å². The second kappa shape index (κ2) is 8.73. The molecule has 7 heteroatoms. The zero-order valence-corrected chi connectivity index (χ0v) is 13.8. The first-order chi connectivity index (χ1) is 10.3. The van der Waals surface area contributed by atoms with Crippen LogP contribution in [0.15, 0.2) is 0 Å². The van der Waals surface area contributed by atoms with Crippen LogP contribution in [-0.2, 0) is 14.3 Å². The van der Waals surface area contributed by atoms with Crippen molar-refractivity contribution < 1.29 is 19.1 Å². The van der Waals surface area contributed by atoms with Gasteiger partial charge in [-0.3, -0.25) is 19.8 Å². The van der Waals surface area contributed by atoms with Crippen molar-refractivity contribution in [3.05, 3.63) is 0 Å². The van der Waals surface area contributed by atoms with Gasteiger partial charge in [0.25, 0.3) is 0 Å². The molecule has 0 bridgehead atoms. The summed E-state index contributed by atoms with van der Waals surface area (Å²) < 4.78 is 5.05. The lowest BCUT2D eigenvalue weighted by molar-refractivity contribution is -0.151. The lowest BCUT2D eigenvalue weighted by atomic mass is 9.97. The van der Waals surface area contributed by atoms with Gasteiger partial charge in [-0.05, 0) is 47.1 Å². The molecule has 0 aliphatic carbocycles. The molecule has 0 unspecified atom stereocenters. The van der Waals surface area contributed by atoms with Gasteiger partial charge < -0.3 is 10.1 Å². The Morgan fingerprint density at radius 3 is 2.55 bits per heavy atom. The summed E-state index contributed by atoms with van der Waals surface area (Å²) in [6.45, 7) is 8.74. The maximum atomic E-state index is 12.1. The maximum Gasteiger partial charge on any atom is 0.321 e. The van der Waals surface area contributed by atoms with E-state index in [9.17, 15) is 14.4 Å². The number of amides is 3. The van der Waals surface area contributed by atoms with Crippen LogP contribution in [0.4, 0.5) is 4.79 Å². The number of carbonyl (C=O) groups excluding carboxylic acids is 3. The standard InChI is InChI=1S/C15H27N3O4/c1-5-22-14(20)12-7-6-8-18(9-12)11(4)13(19)17-15(21)16-10(2)3/h10-12H,5-9H2,1-4H3,(H2,16,17,19,21)/t11-,12-/m0/s1. The van der Waals surface area contributed by atoms with E-state index in [0.717, 1.165) is 19.4 Å². The van der Waals surface area contributed by atoms with E-state index in [2.05, 4.69) is 10.6 Å². The highest BCUT2D eigenvalue weighted by Crippen LogP contribution is 2.19. The molecule has 0 spiro atoms. The highest BCUT2D eigenvalue weighted by atomic mass is 16.5. The average Bonchev–Trinajstić information content (AvgIpc) is 2.45. The number of rotatable bonds is 5. The number of urea groups is 1. The Morgan fingerprint density at radius 2 is 1.95 bits per heavy atom. The zero-order chi connectivity index (χ0) is 16.7. The molecule has 0 saturated carbocycles. The summed E-state index contributed by atoms with van der Waals surface area (Å²) in [5, 5.41) is 4.94. The molecular weight excluding hydrogens is 286 g/mol. The SMILES string of the molecule is CCOC(=O)[C@H]1CCCN([C@@H](C)C(=O)NC(=O)NC(C)C)C1. The van der Waals surface area contributed by atoms with E-state index < -0.39 is 12.1 Å². The second-order valence-corrected chi connectivity index (χ2v) is 5.88. The van der Waals surface area contributed by atoms with Crippen LogP contribution in [0.1, 0.15) is 40.5 Å². The molecule has 7 nitrogen and oxygen atoms in total. The van der Waals surface area contributed by atoms with Gasteiger partial charge in [0.2, 0.25) is 5.91 Å². The van der Waals surface area contributed by atoms with Gasteiger partial charge >= 0.3 is 12.0 Å². The Morgan fingerprint density at radius 1 is 1.27 bits per heavy atom. The van der Waals surface area contributed by atoms with Crippen molar-refractivity contribution in [1.29, 1.82) is 0 Å². The Kier molecular flexibility index (Phi) is 7.31.